The Morgan fingerprint density at radius 2 is 1.90 bits per heavy atom. The van der Waals surface area contributed by atoms with Crippen LogP contribution in [0, 0.1) is 11.3 Å². The average Bonchev–Trinajstić information content (AvgIpc) is 2.49. The number of pyridine rings is 1. The van der Waals surface area contributed by atoms with Crippen molar-refractivity contribution in [1.82, 2.24) is 4.98 Å². The van der Waals surface area contributed by atoms with Gasteiger partial charge in [0.2, 0.25) is 0 Å². The number of benzene rings is 1. The molecule has 0 saturated heterocycles. The van der Waals surface area contributed by atoms with E-state index < -0.39 is 9.84 Å². The first-order valence-electron chi connectivity index (χ1n) is 5.98. The van der Waals surface area contributed by atoms with Crippen molar-refractivity contribution < 1.29 is 13.2 Å². The lowest BCUT2D eigenvalue weighted by molar-refractivity contribution is 0.339. The third-order valence-electron chi connectivity index (χ3n) is 2.66. The van der Waals surface area contributed by atoms with Crippen LogP contribution in [0.1, 0.15) is 5.56 Å². The lowest BCUT2D eigenvalue weighted by atomic mass is 10.2. The van der Waals surface area contributed by atoms with E-state index in [1.165, 1.54) is 30.5 Å². The van der Waals surface area contributed by atoms with Gasteiger partial charge in [0.05, 0.1) is 28.5 Å². The van der Waals surface area contributed by atoms with E-state index in [1.54, 1.807) is 12.1 Å². The Bertz CT molecular complexity index is 750. The molecule has 0 amide bonds. The minimum atomic E-state index is -3.44. The molecule has 1 aromatic carbocycles. The highest BCUT2D eigenvalue weighted by Crippen LogP contribution is 2.14. The van der Waals surface area contributed by atoms with Crippen LogP contribution in [0.25, 0.3) is 0 Å². The maximum Gasteiger partial charge on any atom is 0.181 e. The molecule has 1 heterocycles. The molecule has 5 nitrogen and oxygen atoms in total. The highest BCUT2D eigenvalue weighted by atomic mass is 35.5. The molecule has 2 aromatic rings. The molecule has 0 spiro atoms. The van der Waals surface area contributed by atoms with E-state index in [0.717, 1.165) is 0 Å². The molecule has 2 rings (SSSR count). The van der Waals surface area contributed by atoms with Crippen LogP contribution in [0.15, 0.2) is 47.5 Å². The lowest BCUT2D eigenvalue weighted by Crippen LogP contribution is -2.14. The van der Waals surface area contributed by atoms with Gasteiger partial charge in [-0.05, 0) is 36.4 Å². The molecule has 108 valence electrons. The zero-order valence-electron chi connectivity index (χ0n) is 10.9. The van der Waals surface area contributed by atoms with Crippen molar-refractivity contribution in [3.63, 3.8) is 0 Å². The second-order valence-corrected chi connectivity index (χ2v) is 6.62. The van der Waals surface area contributed by atoms with Crippen molar-refractivity contribution in [2.75, 3.05) is 12.4 Å². The van der Waals surface area contributed by atoms with Crippen molar-refractivity contribution in [1.29, 1.82) is 5.26 Å². The van der Waals surface area contributed by atoms with Gasteiger partial charge < -0.3 is 4.74 Å². The van der Waals surface area contributed by atoms with E-state index in [2.05, 4.69) is 4.98 Å². The summed E-state index contributed by atoms with van der Waals surface area (Å²) in [6.45, 7) is 0.00560. The Kier molecular flexibility index (Phi) is 4.78. The molecular formula is C14H11ClN2O3S. The zero-order chi connectivity index (χ0) is 15.3. The van der Waals surface area contributed by atoms with Crippen LogP contribution in [0.3, 0.4) is 0 Å². The Balaban J connectivity index is 1.97. The monoisotopic (exact) mass is 322 g/mol. The zero-order valence-corrected chi connectivity index (χ0v) is 12.4. The molecule has 21 heavy (non-hydrogen) atoms. The summed E-state index contributed by atoms with van der Waals surface area (Å²) in [7, 11) is -3.44. The van der Waals surface area contributed by atoms with Crippen molar-refractivity contribution in [2.24, 2.45) is 0 Å². The second kappa shape index (κ2) is 6.57. The van der Waals surface area contributed by atoms with Crippen molar-refractivity contribution in [3.05, 3.63) is 53.3 Å². The van der Waals surface area contributed by atoms with E-state index in [4.69, 9.17) is 21.6 Å². The SMILES string of the molecule is N#Cc1ccc(S(=O)(=O)CCOc2ccc(Cl)nc2)cc1. The van der Waals surface area contributed by atoms with Gasteiger partial charge in [0.1, 0.15) is 17.5 Å². The predicted molar refractivity (Wildman–Crippen MR) is 78.0 cm³/mol. The summed E-state index contributed by atoms with van der Waals surface area (Å²) in [5.41, 5.74) is 0.414. The molecule has 0 radical (unpaired) electrons. The van der Waals surface area contributed by atoms with Gasteiger partial charge >= 0.3 is 0 Å². The Morgan fingerprint density at radius 3 is 2.48 bits per heavy atom. The van der Waals surface area contributed by atoms with Crippen molar-refractivity contribution in [2.45, 2.75) is 4.90 Å². The van der Waals surface area contributed by atoms with Gasteiger partial charge in [-0.2, -0.15) is 5.26 Å². The van der Waals surface area contributed by atoms with Gasteiger partial charge in [-0.1, -0.05) is 11.6 Å². The number of sulfone groups is 1. The molecular weight excluding hydrogens is 312 g/mol. The molecule has 0 aliphatic heterocycles. The molecule has 0 unspecified atom stereocenters. The predicted octanol–water partition coefficient (Wildman–Crippen LogP) is 2.46. The van der Waals surface area contributed by atoms with Crippen LogP contribution in [-0.2, 0) is 9.84 Å². The van der Waals surface area contributed by atoms with Gasteiger partial charge in [0, 0.05) is 0 Å². The third kappa shape index (κ3) is 4.18. The highest BCUT2D eigenvalue weighted by Gasteiger charge is 2.14. The second-order valence-electron chi connectivity index (χ2n) is 4.12. The van der Waals surface area contributed by atoms with Crippen LogP contribution in [0.5, 0.6) is 5.75 Å². The van der Waals surface area contributed by atoms with E-state index in [-0.39, 0.29) is 17.3 Å². The fourth-order valence-corrected chi connectivity index (χ4v) is 2.77. The maximum atomic E-state index is 12.1. The smallest absolute Gasteiger partial charge is 0.181 e. The number of rotatable bonds is 5. The van der Waals surface area contributed by atoms with Crippen LogP contribution in [-0.4, -0.2) is 25.8 Å². The minimum Gasteiger partial charge on any atom is -0.491 e. The Morgan fingerprint density at radius 1 is 1.19 bits per heavy atom. The molecule has 0 fully saturated rings. The maximum absolute atomic E-state index is 12.1. The van der Waals surface area contributed by atoms with Crippen molar-refractivity contribution in [3.8, 4) is 11.8 Å². The van der Waals surface area contributed by atoms with E-state index in [9.17, 15) is 8.42 Å². The molecule has 0 N–H and O–H groups in total. The van der Waals surface area contributed by atoms with Gasteiger partial charge in [0.15, 0.2) is 9.84 Å². The lowest BCUT2D eigenvalue weighted by Gasteiger charge is -2.07. The average molecular weight is 323 g/mol. The summed E-state index contributed by atoms with van der Waals surface area (Å²) in [5, 5.41) is 9.02. The van der Waals surface area contributed by atoms with Crippen molar-refractivity contribution >= 4 is 21.4 Å². The van der Waals surface area contributed by atoms with Crippen LogP contribution < -0.4 is 4.74 Å². The molecule has 0 aliphatic rings. The first-order valence-corrected chi connectivity index (χ1v) is 8.01. The summed E-state index contributed by atoms with van der Waals surface area (Å²) in [6, 6.07) is 10.9. The molecule has 0 saturated carbocycles. The van der Waals surface area contributed by atoms with Crippen LogP contribution >= 0.6 is 11.6 Å². The Labute approximate surface area is 127 Å². The number of aromatic nitrogens is 1. The number of hydrogen-bond acceptors (Lipinski definition) is 5. The molecule has 1 aromatic heterocycles. The van der Waals surface area contributed by atoms with Crippen LogP contribution in [0.4, 0.5) is 0 Å². The number of nitrogens with zero attached hydrogens (tertiary/aromatic N) is 2. The summed E-state index contributed by atoms with van der Waals surface area (Å²) in [4.78, 5) is 4.00. The van der Waals surface area contributed by atoms with E-state index >= 15 is 0 Å². The standard InChI is InChI=1S/C14H11ClN2O3S/c15-14-6-3-12(10-17-14)20-7-8-21(18,19)13-4-1-11(9-16)2-5-13/h1-6,10H,7-8H2. The van der Waals surface area contributed by atoms with Gasteiger partial charge in [-0.3, -0.25) is 0 Å². The van der Waals surface area contributed by atoms with Gasteiger partial charge in [-0.15, -0.1) is 0 Å². The number of halogens is 1. The molecule has 0 atom stereocenters. The summed E-state index contributed by atoms with van der Waals surface area (Å²) in [5.74, 6) is 0.288. The quantitative estimate of drug-likeness (QED) is 0.790. The topological polar surface area (TPSA) is 80.0 Å². The first kappa shape index (κ1) is 15.3. The largest absolute Gasteiger partial charge is 0.491 e. The summed E-state index contributed by atoms with van der Waals surface area (Å²) >= 11 is 5.64. The van der Waals surface area contributed by atoms with Gasteiger partial charge in [0.25, 0.3) is 0 Å². The summed E-state index contributed by atoms with van der Waals surface area (Å²) in [6.07, 6.45) is 1.43. The van der Waals surface area contributed by atoms with Gasteiger partial charge in [-0.25, -0.2) is 13.4 Å². The molecule has 7 heteroatoms. The normalized spacial score (nSPS) is 10.9. The number of nitriles is 1. The Hall–Kier alpha value is -2.10. The number of hydrogen-bond donors (Lipinski definition) is 0. The molecule has 0 aliphatic carbocycles. The van der Waals surface area contributed by atoms with Crippen LogP contribution in [0.2, 0.25) is 5.15 Å². The van der Waals surface area contributed by atoms with E-state index in [1.807, 2.05) is 6.07 Å². The number of ether oxygens (including phenoxy) is 1. The summed E-state index contributed by atoms with van der Waals surface area (Å²) < 4.78 is 29.5. The molecule has 0 bridgehead atoms. The fraction of sp³-hybridized carbons (Fsp3) is 0.143. The van der Waals surface area contributed by atoms with E-state index in [0.29, 0.717) is 16.5 Å². The minimum absolute atomic E-state index is 0.00560. The highest BCUT2D eigenvalue weighted by molar-refractivity contribution is 7.91. The third-order valence-corrected chi connectivity index (χ3v) is 4.58. The fourth-order valence-electron chi connectivity index (χ4n) is 1.57. The first-order chi connectivity index (χ1) is 10.0.